The summed E-state index contributed by atoms with van der Waals surface area (Å²) in [5, 5.41) is 0. The van der Waals surface area contributed by atoms with Crippen LogP contribution in [-0.2, 0) is 9.59 Å². The molecule has 2 saturated heterocycles. The van der Waals surface area contributed by atoms with E-state index in [-0.39, 0.29) is 29.8 Å². The van der Waals surface area contributed by atoms with Gasteiger partial charge in [-0.2, -0.15) is 0 Å². The highest BCUT2D eigenvalue weighted by Gasteiger charge is 2.49. The second-order valence-electron chi connectivity index (χ2n) is 9.03. The summed E-state index contributed by atoms with van der Waals surface area (Å²) in [4.78, 5) is 29.7. The maximum absolute atomic E-state index is 13.3. The van der Waals surface area contributed by atoms with E-state index < -0.39 is 0 Å². The number of carbonyl (C=O) groups excluding carboxylic acids is 2. The maximum atomic E-state index is 13.3. The van der Waals surface area contributed by atoms with Crippen LogP contribution in [0.5, 0.6) is 5.75 Å². The summed E-state index contributed by atoms with van der Waals surface area (Å²) < 4.78 is 5.31. The lowest BCUT2D eigenvalue weighted by molar-refractivity contribution is -0.139. The van der Waals surface area contributed by atoms with Gasteiger partial charge in [0.15, 0.2) is 0 Å². The molecule has 2 heterocycles. The summed E-state index contributed by atoms with van der Waals surface area (Å²) >= 11 is 0. The number of likely N-dealkylation sites (tertiary alicyclic amines) is 2. The van der Waals surface area contributed by atoms with Crippen LogP contribution in [0.15, 0.2) is 24.3 Å². The fourth-order valence-electron chi connectivity index (χ4n) is 5.86. The Morgan fingerprint density at radius 1 is 1.03 bits per heavy atom. The molecule has 0 aromatic heterocycles. The number of nitrogens with zero attached hydrogens (tertiary/aromatic N) is 2. The maximum Gasteiger partial charge on any atom is 0.222 e. The molecule has 3 aliphatic rings. The Labute approximate surface area is 174 Å². The van der Waals surface area contributed by atoms with Gasteiger partial charge in [-0.3, -0.25) is 9.59 Å². The molecular formula is C24H34N2O3. The molecular weight excluding hydrogens is 364 g/mol. The number of methoxy groups -OCH3 is 1. The van der Waals surface area contributed by atoms with Crippen molar-refractivity contribution in [1.29, 1.82) is 0 Å². The smallest absolute Gasteiger partial charge is 0.222 e. The van der Waals surface area contributed by atoms with E-state index in [9.17, 15) is 9.59 Å². The fraction of sp³-hybridized carbons (Fsp3) is 0.667. The minimum Gasteiger partial charge on any atom is -0.497 e. The molecule has 158 valence electrons. The predicted molar refractivity (Wildman–Crippen MR) is 113 cm³/mol. The van der Waals surface area contributed by atoms with Crippen LogP contribution in [0.4, 0.5) is 0 Å². The van der Waals surface area contributed by atoms with Gasteiger partial charge in [0.05, 0.1) is 19.2 Å². The molecule has 0 spiro atoms. The summed E-state index contributed by atoms with van der Waals surface area (Å²) in [6.45, 7) is 3.18. The SMILES string of the molecule is COc1ccc([C@H]2CN(C(C)=O)[C@@H]3CCCN(C(=O)CCC4CCCC4)[C@H]23)cc1. The van der Waals surface area contributed by atoms with Gasteiger partial charge in [0.2, 0.25) is 11.8 Å². The zero-order chi connectivity index (χ0) is 20.4. The molecule has 1 saturated carbocycles. The number of hydrogen-bond donors (Lipinski definition) is 0. The van der Waals surface area contributed by atoms with Crippen molar-refractivity contribution in [3.63, 3.8) is 0 Å². The number of benzene rings is 1. The summed E-state index contributed by atoms with van der Waals surface area (Å²) in [5.74, 6) is 2.14. The van der Waals surface area contributed by atoms with Crippen molar-refractivity contribution in [1.82, 2.24) is 9.80 Å². The highest BCUT2D eigenvalue weighted by Crippen LogP contribution is 2.41. The number of carbonyl (C=O) groups is 2. The summed E-state index contributed by atoms with van der Waals surface area (Å²) in [5.41, 5.74) is 1.19. The topological polar surface area (TPSA) is 49.9 Å². The van der Waals surface area contributed by atoms with E-state index in [1.807, 2.05) is 17.0 Å². The Morgan fingerprint density at radius 3 is 2.41 bits per heavy atom. The zero-order valence-corrected chi connectivity index (χ0v) is 17.8. The molecule has 3 fully saturated rings. The number of hydrogen-bond acceptors (Lipinski definition) is 3. The highest BCUT2D eigenvalue weighted by molar-refractivity contribution is 5.78. The summed E-state index contributed by atoms with van der Waals surface area (Å²) in [6, 6.07) is 8.40. The molecule has 0 N–H and O–H groups in total. The molecule has 1 aliphatic carbocycles. The Kier molecular flexibility index (Phi) is 6.12. The lowest BCUT2D eigenvalue weighted by atomic mass is 9.85. The van der Waals surface area contributed by atoms with Crippen LogP contribution in [-0.4, -0.2) is 53.9 Å². The first kappa shape index (κ1) is 20.2. The molecule has 4 rings (SSSR count). The second kappa shape index (κ2) is 8.76. The standard InChI is InChI=1S/C24H34N2O3/c1-17(27)26-16-21(19-10-12-20(29-2)13-11-19)24-22(26)8-5-15-25(24)23(28)14-9-18-6-3-4-7-18/h10-13,18,21-22,24H,3-9,14-16H2,1-2H3/t21-,22-,24-/m1/s1. The van der Waals surface area contributed by atoms with Crippen molar-refractivity contribution < 1.29 is 14.3 Å². The fourth-order valence-corrected chi connectivity index (χ4v) is 5.86. The van der Waals surface area contributed by atoms with Gasteiger partial charge in [-0.05, 0) is 42.9 Å². The van der Waals surface area contributed by atoms with E-state index in [1.165, 1.54) is 31.2 Å². The molecule has 29 heavy (non-hydrogen) atoms. The number of ether oxygens (including phenoxy) is 1. The average Bonchev–Trinajstić information content (AvgIpc) is 3.40. The van der Waals surface area contributed by atoms with E-state index in [2.05, 4.69) is 17.0 Å². The van der Waals surface area contributed by atoms with Crippen LogP contribution >= 0.6 is 0 Å². The first-order valence-electron chi connectivity index (χ1n) is 11.3. The molecule has 2 aliphatic heterocycles. The van der Waals surface area contributed by atoms with Crippen LogP contribution in [0.25, 0.3) is 0 Å². The van der Waals surface area contributed by atoms with Crippen LogP contribution in [0.3, 0.4) is 0 Å². The first-order chi connectivity index (χ1) is 14.1. The Hall–Kier alpha value is -2.04. The van der Waals surface area contributed by atoms with Crippen molar-refractivity contribution >= 4 is 11.8 Å². The van der Waals surface area contributed by atoms with Crippen molar-refractivity contribution in [2.24, 2.45) is 5.92 Å². The lowest BCUT2D eigenvalue weighted by Crippen LogP contribution is -2.53. The molecule has 2 amide bonds. The van der Waals surface area contributed by atoms with Crippen molar-refractivity contribution in [2.45, 2.75) is 76.3 Å². The van der Waals surface area contributed by atoms with Gasteiger partial charge in [0, 0.05) is 32.4 Å². The Bertz CT molecular complexity index is 726. The number of rotatable bonds is 5. The second-order valence-corrected chi connectivity index (χ2v) is 9.03. The van der Waals surface area contributed by atoms with Crippen LogP contribution in [0.1, 0.15) is 69.8 Å². The highest BCUT2D eigenvalue weighted by atomic mass is 16.5. The molecule has 0 unspecified atom stereocenters. The van der Waals surface area contributed by atoms with Crippen molar-refractivity contribution in [2.75, 3.05) is 20.2 Å². The first-order valence-corrected chi connectivity index (χ1v) is 11.3. The Morgan fingerprint density at radius 2 is 1.76 bits per heavy atom. The summed E-state index contributed by atoms with van der Waals surface area (Å²) in [6.07, 6.45) is 8.86. The Balaban J connectivity index is 1.55. The molecule has 0 radical (unpaired) electrons. The minimum absolute atomic E-state index is 0.0946. The third-order valence-corrected chi connectivity index (χ3v) is 7.37. The van der Waals surface area contributed by atoms with Crippen molar-refractivity contribution in [3.05, 3.63) is 29.8 Å². The zero-order valence-electron chi connectivity index (χ0n) is 17.8. The molecule has 0 bridgehead atoms. The summed E-state index contributed by atoms with van der Waals surface area (Å²) in [7, 11) is 1.67. The van der Waals surface area contributed by atoms with Crippen LogP contribution < -0.4 is 4.74 Å². The van der Waals surface area contributed by atoms with Crippen LogP contribution in [0, 0.1) is 5.92 Å². The largest absolute Gasteiger partial charge is 0.497 e. The third-order valence-electron chi connectivity index (χ3n) is 7.37. The number of fused-ring (bicyclic) bond motifs is 1. The quantitative estimate of drug-likeness (QED) is 0.754. The van der Waals surface area contributed by atoms with Crippen LogP contribution in [0.2, 0.25) is 0 Å². The molecule has 1 aromatic rings. The van der Waals surface area contributed by atoms with E-state index in [0.29, 0.717) is 13.0 Å². The van der Waals surface area contributed by atoms with Gasteiger partial charge in [0.25, 0.3) is 0 Å². The predicted octanol–water partition coefficient (Wildman–Crippen LogP) is 3.97. The van der Waals surface area contributed by atoms with Gasteiger partial charge < -0.3 is 14.5 Å². The number of piperidine rings is 1. The third kappa shape index (κ3) is 4.15. The van der Waals surface area contributed by atoms with Gasteiger partial charge in [-0.15, -0.1) is 0 Å². The van der Waals surface area contributed by atoms with Crippen molar-refractivity contribution in [3.8, 4) is 5.75 Å². The van der Waals surface area contributed by atoms with E-state index in [0.717, 1.165) is 37.5 Å². The average molecular weight is 399 g/mol. The molecule has 1 aromatic carbocycles. The molecule has 5 nitrogen and oxygen atoms in total. The molecule has 3 atom stereocenters. The van der Waals surface area contributed by atoms with Gasteiger partial charge in [-0.25, -0.2) is 0 Å². The van der Waals surface area contributed by atoms with E-state index in [1.54, 1.807) is 14.0 Å². The minimum atomic E-state index is 0.0946. The molecule has 5 heteroatoms. The number of amides is 2. The van der Waals surface area contributed by atoms with Gasteiger partial charge in [0.1, 0.15) is 5.75 Å². The normalized spacial score (nSPS) is 27.2. The van der Waals surface area contributed by atoms with E-state index in [4.69, 9.17) is 4.74 Å². The van der Waals surface area contributed by atoms with E-state index >= 15 is 0 Å². The monoisotopic (exact) mass is 398 g/mol. The van der Waals surface area contributed by atoms with Gasteiger partial charge >= 0.3 is 0 Å². The van der Waals surface area contributed by atoms with Gasteiger partial charge in [-0.1, -0.05) is 37.8 Å². The lowest BCUT2D eigenvalue weighted by Gasteiger charge is -2.41.